The standard InChI is InChI=1S/C10H10N3O.K.H2O/c1-6-4-11-8(3)10-12-7(2)9(5-14)13(6)10;;/h4H,1-3H3;;1H2/q-1;+1;/p-1. The molecule has 0 aromatic carbocycles. The van der Waals surface area contributed by atoms with Crippen molar-refractivity contribution in [1.29, 1.82) is 0 Å². The van der Waals surface area contributed by atoms with E-state index in [-0.39, 0.29) is 56.9 Å². The second-order valence-electron chi connectivity index (χ2n) is 3.29. The van der Waals surface area contributed by atoms with Gasteiger partial charge in [-0.05, 0) is 13.8 Å². The molecule has 0 bridgehead atoms. The zero-order chi connectivity index (χ0) is 10.3. The van der Waals surface area contributed by atoms with Gasteiger partial charge in [-0.1, -0.05) is 18.3 Å². The third-order valence-electron chi connectivity index (χ3n) is 2.27. The van der Waals surface area contributed by atoms with E-state index in [0.717, 1.165) is 17.0 Å². The zero-order valence-electron chi connectivity index (χ0n) is 9.77. The van der Waals surface area contributed by atoms with E-state index in [1.54, 1.807) is 17.5 Å². The molecule has 6 heteroatoms. The van der Waals surface area contributed by atoms with E-state index in [4.69, 9.17) is 0 Å². The molecule has 2 rings (SSSR count). The number of imidazole rings is 1. The second kappa shape index (κ2) is 5.99. The van der Waals surface area contributed by atoms with Gasteiger partial charge in [0, 0.05) is 18.2 Å². The quantitative estimate of drug-likeness (QED) is 0.427. The number of fused-ring (bicyclic) bond motifs is 1. The normalized spacial score (nSPS) is 9.44. The van der Waals surface area contributed by atoms with E-state index in [1.165, 1.54) is 0 Å². The summed E-state index contributed by atoms with van der Waals surface area (Å²) >= 11 is 0. The average Bonchev–Trinajstić information content (AvgIpc) is 2.50. The summed E-state index contributed by atoms with van der Waals surface area (Å²) in [5, 5.41) is 0. The maximum atomic E-state index is 10.8. The SMILES string of the molecule is Cc1nc2c(C)ncc(C)n2c1[C-]=O.[K+].[OH-]. The molecule has 16 heavy (non-hydrogen) atoms. The van der Waals surface area contributed by atoms with Crippen molar-refractivity contribution in [3.8, 4) is 0 Å². The molecule has 0 aliphatic carbocycles. The maximum absolute atomic E-state index is 10.8. The molecule has 5 nitrogen and oxygen atoms in total. The van der Waals surface area contributed by atoms with Gasteiger partial charge in [0.25, 0.3) is 0 Å². The fraction of sp³-hybridized carbons (Fsp3) is 0.300. The molecule has 0 radical (unpaired) electrons. The summed E-state index contributed by atoms with van der Waals surface area (Å²) < 4.78 is 1.78. The van der Waals surface area contributed by atoms with E-state index >= 15 is 0 Å². The Hall–Kier alpha value is -0.114. The molecule has 0 amide bonds. The van der Waals surface area contributed by atoms with Crippen LogP contribution in [0, 0.1) is 20.8 Å². The number of rotatable bonds is 1. The number of hydrogen-bond acceptors (Lipinski definition) is 4. The van der Waals surface area contributed by atoms with Gasteiger partial charge in [0.05, 0.1) is 5.69 Å². The number of aryl methyl sites for hydroxylation is 3. The molecule has 2 aromatic heterocycles. The van der Waals surface area contributed by atoms with Crippen LogP contribution in [0.3, 0.4) is 0 Å². The van der Waals surface area contributed by atoms with Gasteiger partial charge in [-0.25, -0.2) is 0 Å². The molecule has 0 spiro atoms. The van der Waals surface area contributed by atoms with Crippen molar-refractivity contribution >= 4 is 11.9 Å². The Morgan fingerprint density at radius 2 is 1.88 bits per heavy atom. The van der Waals surface area contributed by atoms with Crippen molar-refractivity contribution < 1.29 is 61.7 Å². The van der Waals surface area contributed by atoms with Crippen molar-refractivity contribution in [3.63, 3.8) is 0 Å². The molecular formula is C10H11KN3O2-. The average molecular weight is 244 g/mol. The molecule has 0 saturated carbocycles. The van der Waals surface area contributed by atoms with Crippen LogP contribution in [-0.2, 0) is 4.79 Å². The summed E-state index contributed by atoms with van der Waals surface area (Å²) in [6.07, 6.45) is 3.64. The minimum absolute atomic E-state index is 0. The Labute approximate surface area is 136 Å². The van der Waals surface area contributed by atoms with E-state index in [1.807, 2.05) is 20.1 Å². The minimum Gasteiger partial charge on any atom is -0.870 e. The molecule has 0 aliphatic rings. The van der Waals surface area contributed by atoms with Gasteiger partial charge in [-0.15, -0.1) is 0 Å². The van der Waals surface area contributed by atoms with Gasteiger partial charge in [-0.3, -0.25) is 4.98 Å². The zero-order valence-corrected chi connectivity index (χ0v) is 12.9. The Balaban J connectivity index is 0.00000112. The fourth-order valence-corrected chi connectivity index (χ4v) is 1.54. The molecule has 0 fully saturated rings. The monoisotopic (exact) mass is 244 g/mol. The number of aromatic nitrogens is 3. The van der Waals surface area contributed by atoms with Crippen molar-refractivity contribution in [2.24, 2.45) is 0 Å². The van der Waals surface area contributed by atoms with Gasteiger partial charge >= 0.3 is 51.4 Å². The van der Waals surface area contributed by atoms with Gasteiger partial charge in [0.1, 0.15) is 5.65 Å². The Morgan fingerprint density at radius 1 is 1.25 bits per heavy atom. The molecular weight excluding hydrogens is 233 g/mol. The van der Waals surface area contributed by atoms with Gasteiger partial charge < -0.3 is 19.7 Å². The van der Waals surface area contributed by atoms with Crippen LogP contribution in [0.2, 0.25) is 0 Å². The van der Waals surface area contributed by atoms with Gasteiger partial charge in [-0.2, -0.15) is 0 Å². The van der Waals surface area contributed by atoms with Crippen molar-refractivity contribution in [3.05, 3.63) is 29.0 Å². The molecule has 2 aromatic rings. The number of carbonyl (C=O) groups excluding carboxylic acids is 1. The maximum Gasteiger partial charge on any atom is 1.00 e. The largest absolute Gasteiger partial charge is 1.00 e. The predicted molar refractivity (Wildman–Crippen MR) is 53.9 cm³/mol. The third kappa shape index (κ3) is 2.42. The van der Waals surface area contributed by atoms with Crippen LogP contribution in [0.1, 0.15) is 22.8 Å². The van der Waals surface area contributed by atoms with E-state index in [2.05, 4.69) is 9.97 Å². The van der Waals surface area contributed by atoms with Gasteiger partial charge in [0.2, 0.25) is 0 Å². The Kier molecular flexibility index (Phi) is 5.95. The van der Waals surface area contributed by atoms with Crippen LogP contribution in [-0.4, -0.2) is 26.1 Å². The first-order valence-electron chi connectivity index (χ1n) is 4.34. The van der Waals surface area contributed by atoms with Gasteiger partial charge in [0.15, 0.2) is 0 Å². The van der Waals surface area contributed by atoms with Crippen LogP contribution in [0.4, 0.5) is 0 Å². The van der Waals surface area contributed by atoms with Crippen molar-refractivity contribution in [2.45, 2.75) is 20.8 Å². The van der Waals surface area contributed by atoms with Crippen molar-refractivity contribution in [2.75, 3.05) is 0 Å². The molecule has 80 valence electrons. The molecule has 1 N–H and O–H groups in total. The minimum atomic E-state index is 0. The van der Waals surface area contributed by atoms with Crippen molar-refractivity contribution in [1.82, 2.24) is 14.4 Å². The summed E-state index contributed by atoms with van der Waals surface area (Å²) in [5.41, 5.74) is 3.63. The van der Waals surface area contributed by atoms with E-state index in [0.29, 0.717) is 11.4 Å². The summed E-state index contributed by atoms with van der Waals surface area (Å²) in [5.74, 6) is 0. The Morgan fingerprint density at radius 3 is 2.44 bits per heavy atom. The van der Waals surface area contributed by atoms with Crippen LogP contribution in [0.25, 0.3) is 5.65 Å². The van der Waals surface area contributed by atoms with Crippen LogP contribution < -0.4 is 51.4 Å². The first-order valence-corrected chi connectivity index (χ1v) is 4.34. The second-order valence-corrected chi connectivity index (χ2v) is 3.29. The summed E-state index contributed by atoms with van der Waals surface area (Å²) in [6, 6.07) is 0. The first-order chi connectivity index (χ1) is 6.65. The summed E-state index contributed by atoms with van der Waals surface area (Å²) in [6.45, 7) is 5.56. The van der Waals surface area contributed by atoms with E-state index in [9.17, 15) is 4.79 Å². The smallest absolute Gasteiger partial charge is 0.870 e. The van der Waals surface area contributed by atoms with E-state index < -0.39 is 0 Å². The topological polar surface area (TPSA) is 77.3 Å². The number of hydrogen-bond donors (Lipinski definition) is 0. The summed E-state index contributed by atoms with van der Waals surface area (Å²) in [7, 11) is 0. The molecule has 0 saturated heterocycles. The molecule has 0 aliphatic heterocycles. The molecule has 0 atom stereocenters. The first kappa shape index (κ1) is 15.9. The third-order valence-corrected chi connectivity index (χ3v) is 2.27. The number of nitrogens with zero attached hydrogens (tertiary/aromatic N) is 3. The predicted octanol–water partition coefficient (Wildman–Crippen LogP) is -2.06. The molecule has 2 heterocycles. The van der Waals surface area contributed by atoms with Crippen LogP contribution >= 0.6 is 0 Å². The van der Waals surface area contributed by atoms with Crippen LogP contribution in [0.5, 0.6) is 0 Å². The molecule has 0 unspecified atom stereocenters. The summed E-state index contributed by atoms with van der Waals surface area (Å²) in [4.78, 5) is 19.2. The fourth-order valence-electron chi connectivity index (χ4n) is 1.54. The Bertz CT molecular complexity index is 522. The van der Waals surface area contributed by atoms with Crippen LogP contribution in [0.15, 0.2) is 6.20 Å².